The summed E-state index contributed by atoms with van der Waals surface area (Å²) in [5.74, 6) is -0.307. The minimum absolute atomic E-state index is 0.227. The summed E-state index contributed by atoms with van der Waals surface area (Å²) in [7, 11) is -3.52. The molecule has 0 atom stereocenters. The second kappa shape index (κ2) is 9.05. The minimum atomic E-state index is -3.52. The van der Waals surface area contributed by atoms with E-state index in [-0.39, 0.29) is 10.8 Å². The van der Waals surface area contributed by atoms with Gasteiger partial charge in [0.15, 0.2) is 5.13 Å². The van der Waals surface area contributed by atoms with Gasteiger partial charge in [0, 0.05) is 23.5 Å². The number of fused-ring (bicyclic) bond motifs is 1. The first-order chi connectivity index (χ1) is 14.5. The molecule has 1 aliphatic rings. The summed E-state index contributed by atoms with van der Waals surface area (Å²) in [6.45, 7) is 1.11. The molecular formula is C21H23N3O3S3. The zero-order chi connectivity index (χ0) is 21.1. The Kier molecular flexibility index (Phi) is 6.43. The second-order valence-corrected chi connectivity index (χ2v) is 10.9. The molecule has 1 aliphatic heterocycles. The van der Waals surface area contributed by atoms with Crippen molar-refractivity contribution in [1.82, 2.24) is 9.29 Å². The summed E-state index contributed by atoms with van der Waals surface area (Å²) in [6, 6.07) is 12.1. The van der Waals surface area contributed by atoms with Gasteiger partial charge in [0.1, 0.15) is 0 Å². The van der Waals surface area contributed by atoms with E-state index < -0.39 is 10.0 Å². The molecule has 0 saturated carbocycles. The summed E-state index contributed by atoms with van der Waals surface area (Å²) in [4.78, 5) is 18.5. The van der Waals surface area contributed by atoms with Gasteiger partial charge in [-0.2, -0.15) is 4.31 Å². The standard InChI is InChI=1S/C21H23N3O3S3/c1-28-17-7-6-8-18-19(17)22-21(29-18)23-20(25)15-9-11-16(12-10-15)30(26,27)24-13-4-2-3-5-14-24/h6-12H,2-5,13-14H2,1H3,(H,22,23,25). The van der Waals surface area contributed by atoms with E-state index in [9.17, 15) is 13.2 Å². The van der Waals surface area contributed by atoms with Gasteiger partial charge >= 0.3 is 0 Å². The predicted molar refractivity (Wildman–Crippen MR) is 123 cm³/mol. The molecule has 158 valence electrons. The number of thiazole rings is 1. The number of thioether (sulfide) groups is 1. The Morgan fingerprint density at radius 3 is 2.43 bits per heavy atom. The summed E-state index contributed by atoms with van der Waals surface area (Å²) in [5, 5.41) is 3.35. The fraction of sp³-hybridized carbons (Fsp3) is 0.333. The summed E-state index contributed by atoms with van der Waals surface area (Å²) in [6.07, 6.45) is 5.90. The number of sulfonamides is 1. The fourth-order valence-corrected chi connectivity index (χ4v) is 6.55. The quantitative estimate of drug-likeness (QED) is 0.550. The lowest BCUT2D eigenvalue weighted by molar-refractivity contribution is 0.102. The highest BCUT2D eigenvalue weighted by molar-refractivity contribution is 7.98. The molecule has 1 aromatic heterocycles. The van der Waals surface area contributed by atoms with Crippen molar-refractivity contribution >= 4 is 54.4 Å². The van der Waals surface area contributed by atoms with Gasteiger partial charge in [-0.15, -0.1) is 11.8 Å². The lowest BCUT2D eigenvalue weighted by Gasteiger charge is -2.20. The van der Waals surface area contributed by atoms with E-state index >= 15 is 0 Å². The molecule has 2 heterocycles. The highest BCUT2D eigenvalue weighted by atomic mass is 32.2. The lowest BCUT2D eigenvalue weighted by Crippen LogP contribution is -2.31. The Balaban J connectivity index is 1.50. The van der Waals surface area contributed by atoms with E-state index in [1.165, 1.54) is 23.5 Å². The van der Waals surface area contributed by atoms with E-state index in [4.69, 9.17) is 0 Å². The molecule has 1 fully saturated rings. The molecule has 0 bridgehead atoms. The summed E-state index contributed by atoms with van der Waals surface area (Å²) >= 11 is 3.03. The predicted octanol–water partition coefficient (Wildman–Crippen LogP) is 4.84. The van der Waals surface area contributed by atoms with Crippen molar-refractivity contribution < 1.29 is 13.2 Å². The number of hydrogen-bond donors (Lipinski definition) is 1. The number of nitrogens with zero attached hydrogens (tertiary/aromatic N) is 2. The normalized spacial score (nSPS) is 15.8. The number of hydrogen-bond acceptors (Lipinski definition) is 6. The monoisotopic (exact) mass is 461 g/mol. The number of carbonyl (C=O) groups is 1. The first-order valence-corrected chi connectivity index (χ1v) is 13.3. The number of aromatic nitrogens is 1. The molecule has 4 rings (SSSR count). The van der Waals surface area contributed by atoms with E-state index in [1.54, 1.807) is 28.2 Å². The van der Waals surface area contributed by atoms with Crippen molar-refractivity contribution in [2.45, 2.75) is 35.5 Å². The van der Waals surface area contributed by atoms with Gasteiger partial charge in [0.25, 0.3) is 5.91 Å². The van der Waals surface area contributed by atoms with Crippen LogP contribution in [0.2, 0.25) is 0 Å². The van der Waals surface area contributed by atoms with Gasteiger partial charge < -0.3 is 0 Å². The van der Waals surface area contributed by atoms with Crippen molar-refractivity contribution in [3.05, 3.63) is 48.0 Å². The van der Waals surface area contributed by atoms with Crippen LogP contribution in [0.15, 0.2) is 52.3 Å². The largest absolute Gasteiger partial charge is 0.298 e. The number of anilines is 1. The van der Waals surface area contributed by atoms with Crippen LogP contribution in [0.4, 0.5) is 5.13 Å². The molecule has 1 N–H and O–H groups in total. The summed E-state index contributed by atoms with van der Waals surface area (Å²) in [5.41, 5.74) is 1.28. The average molecular weight is 462 g/mol. The Bertz CT molecular complexity index is 1150. The van der Waals surface area contributed by atoms with Crippen molar-refractivity contribution in [3.8, 4) is 0 Å². The van der Waals surface area contributed by atoms with Crippen molar-refractivity contribution in [2.24, 2.45) is 0 Å². The number of benzene rings is 2. The van der Waals surface area contributed by atoms with Gasteiger partial charge in [-0.3, -0.25) is 10.1 Å². The number of nitrogens with one attached hydrogen (secondary N) is 1. The van der Waals surface area contributed by atoms with E-state index in [2.05, 4.69) is 10.3 Å². The van der Waals surface area contributed by atoms with Crippen molar-refractivity contribution in [2.75, 3.05) is 24.7 Å². The van der Waals surface area contributed by atoms with Gasteiger partial charge in [-0.1, -0.05) is 30.2 Å². The number of rotatable bonds is 5. The van der Waals surface area contributed by atoms with Gasteiger partial charge in [0.05, 0.1) is 15.1 Å². The topological polar surface area (TPSA) is 79.4 Å². The molecule has 0 radical (unpaired) electrons. The number of carbonyl (C=O) groups excluding carboxylic acids is 1. The van der Waals surface area contributed by atoms with Crippen LogP contribution in [-0.4, -0.2) is 43.0 Å². The molecule has 0 aliphatic carbocycles. The first-order valence-electron chi connectivity index (χ1n) is 9.84. The lowest BCUT2D eigenvalue weighted by atomic mass is 10.2. The Morgan fingerprint density at radius 1 is 1.07 bits per heavy atom. The Morgan fingerprint density at radius 2 is 1.77 bits per heavy atom. The van der Waals surface area contributed by atoms with Crippen LogP contribution in [-0.2, 0) is 10.0 Å². The third-order valence-electron chi connectivity index (χ3n) is 5.14. The zero-order valence-corrected chi connectivity index (χ0v) is 19.1. The van der Waals surface area contributed by atoms with Crippen molar-refractivity contribution in [1.29, 1.82) is 0 Å². The molecule has 1 amide bonds. The number of para-hydroxylation sites is 1. The third kappa shape index (κ3) is 4.39. The zero-order valence-electron chi connectivity index (χ0n) is 16.6. The maximum atomic E-state index is 12.9. The van der Waals surface area contributed by atoms with E-state index in [1.807, 2.05) is 24.5 Å². The van der Waals surface area contributed by atoms with E-state index in [0.717, 1.165) is 40.8 Å². The highest BCUT2D eigenvalue weighted by Gasteiger charge is 2.25. The van der Waals surface area contributed by atoms with Crippen LogP contribution in [0.1, 0.15) is 36.0 Å². The average Bonchev–Trinajstić information content (AvgIpc) is 2.97. The van der Waals surface area contributed by atoms with Crippen LogP contribution in [0.25, 0.3) is 10.2 Å². The van der Waals surface area contributed by atoms with Crippen LogP contribution in [0, 0.1) is 0 Å². The van der Waals surface area contributed by atoms with Gasteiger partial charge in [-0.25, -0.2) is 13.4 Å². The SMILES string of the molecule is CSc1cccc2sc(NC(=O)c3ccc(S(=O)(=O)N4CCCCCC4)cc3)nc12. The molecule has 3 aromatic rings. The van der Waals surface area contributed by atoms with E-state index in [0.29, 0.717) is 23.8 Å². The summed E-state index contributed by atoms with van der Waals surface area (Å²) < 4.78 is 28.3. The maximum absolute atomic E-state index is 12.9. The molecule has 0 unspecified atom stereocenters. The molecule has 30 heavy (non-hydrogen) atoms. The Labute approximate surface area is 184 Å². The maximum Gasteiger partial charge on any atom is 0.257 e. The smallest absolute Gasteiger partial charge is 0.257 e. The van der Waals surface area contributed by atoms with Crippen LogP contribution < -0.4 is 5.32 Å². The molecular weight excluding hydrogens is 438 g/mol. The third-order valence-corrected chi connectivity index (χ3v) is 8.76. The second-order valence-electron chi connectivity index (χ2n) is 7.12. The minimum Gasteiger partial charge on any atom is -0.298 e. The molecule has 6 nitrogen and oxygen atoms in total. The molecule has 1 saturated heterocycles. The van der Waals surface area contributed by atoms with Crippen molar-refractivity contribution in [3.63, 3.8) is 0 Å². The van der Waals surface area contributed by atoms with Crippen LogP contribution in [0.5, 0.6) is 0 Å². The number of amides is 1. The Hall–Kier alpha value is -1.94. The molecule has 0 spiro atoms. The highest BCUT2D eigenvalue weighted by Crippen LogP contribution is 2.32. The van der Waals surface area contributed by atoms with Crippen LogP contribution in [0.3, 0.4) is 0 Å². The molecule has 9 heteroatoms. The van der Waals surface area contributed by atoms with Gasteiger partial charge in [0.2, 0.25) is 10.0 Å². The van der Waals surface area contributed by atoms with Crippen LogP contribution >= 0.6 is 23.1 Å². The van der Waals surface area contributed by atoms with Gasteiger partial charge in [-0.05, 0) is 55.5 Å². The first kappa shape index (κ1) is 21.3. The fourth-order valence-electron chi connectivity index (χ4n) is 3.52. The molecule has 2 aromatic carbocycles.